The number of nitrogens with zero attached hydrogens (tertiary/aromatic N) is 2. The summed E-state index contributed by atoms with van der Waals surface area (Å²) in [6.45, 7) is 4.21. The Morgan fingerprint density at radius 1 is 1.55 bits per heavy atom. The van der Waals surface area contributed by atoms with Gasteiger partial charge in [-0.1, -0.05) is 6.92 Å². The molecule has 1 fully saturated rings. The highest BCUT2D eigenvalue weighted by molar-refractivity contribution is 9.10. The summed E-state index contributed by atoms with van der Waals surface area (Å²) in [6.07, 6.45) is 0.856. The number of nitro benzene ring substituents is 1. The van der Waals surface area contributed by atoms with E-state index in [1.165, 1.54) is 12.1 Å². The van der Waals surface area contributed by atoms with Gasteiger partial charge in [0.05, 0.1) is 16.5 Å². The minimum Gasteiger partial charge on any atom is -0.333 e. The Kier molecular flexibility index (Phi) is 4.72. The number of hydrogen-bond acceptors (Lipinski definition) is 4. The van der Waals surface area contributed by atoms with E-state index < -0.39 is 4.92 Å². The smallest absolute Gasteiger partial charge is 0.270 e. The molecular formula is C13H16BrN3O3. The third-order valence-electron chi connectivity index (χ3n) is 3.32. The molecule has 7 heteroatoms. The maximum absolute atomic E-state index is 12.6. The molecule has 1 N–H and O–H groups in total. The van der Waals surface area contributed by atoms with Crippen LogP contribution in [0.15, 0.2) is 22.7 Å². The van der Waals surface area contributed by atoms with Crippen molar-refractivity contribution in [1.29, 1.82) is 0 Å². The number of halogens is 1. The van der Waals surface area contributed by atoms with Gasteiger partial charge in [-0.05, 0) is 28.4 Å². The maximum Gasteiger partial charge on any atom is 0.270 e. The SMILES string of the molecule is CCCN(C(=O)c1cc([N+](=O)[O-])ccc1Br)C1CNC1. The average molecular weight is 342 g/mol. The summed E-state index contributed by atoms with van der Waals surface area (Å²) in [7, 11) is 0. The van der Waals surface area contributed by atoms with Crippen LogP contribution in [0, 0.1) is 10.1 Å². The lowest BCUT2D eigenvalue weighted by Crippen LogP contribution is -2.59. The van der Waals surface area contributed by atoms with Crippen LogP contribution in [-0.2, 0) is 0 Å². The predicted octanol–water partition coefficient (Wildman–Crippen LogP) is 2.18. The zero-order valence-electron chi connectivity index (χ0n) is 11.1. The molecule has 0 saturated carbocycles. The molecule has 2 rings (SSSR count). The van der Waals surface area contributed by atoms with Crippen molar-refractivity contribution >= 4 is 27.5 Å². The third-order valence-corrected chi connectivity index (χ3v) is 4.01. The Labute approximate surface area is 125 Å². The largest absolute Gasteiger partial charge is 0.333 e. The number of rotatable bonds is 5. The Morgan fingerprint density at radius 3 is 2.75 bits per heavy atom. The van der Waals surface area contributed by atoms with Crippen molar-refractivity contribution in [3.8, 4) is 0 Å². The third kappa shape index (κ3) is 2.99. The fraction of sp³-hybridized carbons (Fsp3) is 0.462. The van der Waals surface area contributed by atoms with Crippen LogP contribution in [0.25, 0.3) is 0 Å². The van der Waals surface area contributed by atoms with Gasteiger partial charge in [0.25, 0.3) is 11.6 Å². The minimum absolute atomic E-state index is 0.0697. The number of nitro groups is 1. The van der Waals surface area contributed by atoms with Crippen molar-refractivity contribution in [2.45, 2.75) is 19.4 Å². The number of amides is 1. The second kappa shape index (κ2) is 6.32. The first-order valence-corrected chi connectivity index (χ1v) is 7.29. The zero-order chi connectivity index (χ0) is 14.7. The van der Waals surface area contributed by atoms with Crippen LogP contribution in [0.3, 0.4) is 0 Å². The van der Waals surface area contributed by atoms with E-state index in [0.29, 0.717) is 16.6 Å². The van der Waals surface area contributed by atoms with E-state index in [0.717, 1.165) is 19.5 Å². The Bertz CT molecular complexity index is 532. The van der Waals surface area contributed by atoms with Gasteiger partial charge in [0.15, 0.2) is 0 Å². The molecule has 1 saturated heterocycles. The number of nitrogens with one attached hydrogen (secondary N) is 1. The van der Waals surface area contributed by atoms with Gasteiger partial charge in [-0.25, -0.2) is 0 Å². The molecule has 0 aromatic heterocycles. The quantitative estimate of drug-likeness (QED) is 0.657. The lowest BCUT2D eigenvalue weighted by Gasteiger charge is -2.38. The second-order valence-electron chi connectivity index (χ2n) is 4.73. The summed E-state index contributed by atoms with van der Waals surface area (Å²) in [5.74, 6) is -0.158. The van der Waals surface area contributed by atoms with Crippen molar-refractivity contribution in [3.63, 3.8) is 0 Å². The molecule has 0 spiro atoms. The highest BCUT2D eigenvalue weighted by atomic mass is 79.9. The summed E-state index contributed by atoms with van der Waals surface area (Å²) in [6, 6.07) is 4.44. The molecule has 6 nitrogen and oxygen atoms in total. The van der Waals surface area contributed by atoms with Crippen molar-refractivity contribution < 1.29 is 9.72 Å². The molecule has 1 aliphatic rings. The standard InChI is InChI=1S/C13H16BrN3O3/c1-2-5-16(10-7-15-8-10)13(18)11-6-9(17(19)20)3-4-12(11)14/h3-4,6,10,15H,2,5,7-8H2,1H3. The molecule has 1 heterocycles. The fourth-order valence-electron chi connectivity index (χ4n) is 2.13. The van der Waals surface area contributed by atoms with Crippen molar-refractivity contribution in [3.05, 3.63) is 38.3 Å². The highest BCUT2D eigenvalue weighted by Gasteiger charge is 2.30. The lowest BCUT2D eigenvalue weighted by atomic mass is 10.1. The first-order chi connectivity index (χ1) is 9.54. The van der Waals surface area contributed by atoms with Crippen LogP contribution in [-0.4, -0.2) is 41.4 Å². The zero-order valence-corrected chi connectivity index (χ0v) is 12.7. The monoisotopic (exact) mass is 341 g/mol. The van der Waals surface area contributed by atoms with Gasteiger partial charge < -0.3 is 10.2 Å². The van der Waals surface area contributed by atoms with Crippen molar-refractivity contribution in [2.75, 3.05) is 19.6 Å². The molecule has 0 unspecified atom stereocenters. The second-order valence-corrected chi connectivity index (χ2v) is 5.59. The molecule has 0 radical (unpaired) electrons. The number of non-ortho nitro benzene ring substituents is 1. The maximum atomic E-state index is 12.6. The molecular weight excluding hydrogens is 326 g/mol. The van der Waals surface area contributed by atoms with Crippen LogP contribution < -0.4 is 5.32 Å². The van der Waals surface area contributed by atoms with Gasteiger partial charge in [0.2, 0.25) is 0 Å². The summed E-state index contributed by atoms with van der Waals surface area (Å²) in [5, 5.41) is 14.0. The number of carbonyl (C=O) groups is 1. The normalized spacial score (nSPS) is 14.7. The highest BCUT2D eigenvalue weighted by Crippen LogP contribution is 2.25. The van der Waals surface area contributed by atoms with E-state index in [1.807, 2.05) is 6.92 Å². The number of hydrogen-bond donors (Lipinski definition) is 1. The van der Waals surface area contributed by atoms with E-state index in [9.17, 15) is 14.9 Å². The van der Waals surface area contributed by atoms with E-state index in [2.05, 4.69) is 21.2 Å². The van der Waals surface area contributed by atoms with Gasteiger partial charge in [-0.2, -0.15) is 0 Å². The first-order valence-electron chi connectivity index (χ1n) is 6.50. The Morgan fingerprint density at radius 2 is 2.25 bits per heavy atom. The van der Waals surface area contributed by atoms with Crippen molar-refractivity contribution in [2.24, 2.45) is 0 Å². The molecule has 0 aliphatic carbocycles. The van der Waals surface area contributed by atoms with Crippen LogP contribution >= 0.6 is 15.9 Å². The Balaban J connectivity index is 2.30. The topological polar surface area (TPSA) is 75.5 Å². The van der Waals surface area contributed by atoms with Crippen LogP contribution in [0.1, 0.15) is 23.7 Å². The fourth-order valence-corrected chi connectivity index (χ4v) is 2.55. The molecule has 20 heavy (non-hydrogen) atoms. The van der Waals surface area contributed by atoms with Gasteiger partial charge in [0.1, 0.15) is 0 Å². The molecule has 1 aromatic carbocycles. The van der Waals surface area contributed by atoms with Crippen LogP contribution in [0.5, 0.6) is 0 Å². The van der Waals surface area contributed by atoms with Gasteiger partial charge in [-0.15, -0.1) is 0 Å². The van der Waals surface area contributed by atoms with E-state index in [1.54, 1.807) is 11.0 Å². The van der Waals surface area contributed by atoms with Gasteiger partial charge in [-0.3, -0.25) is 14.9 Å². The first kappa shape index (κ1) is 14.9. The predicted molar refractivity (Wildman–Crippen MR) is 78.8 cm³/mol. The molecule has 0 atom stereocenters. The molecule has 1 aromatic rings. The molecule has 1 aliphatic heterocycles. The lowest BCUT2D eigenvalue weighted by molar-refractivity contribution is -0.384. The molecule has 0 bridgehead atoms. The average Bonchev–Trinajstić information content (AvgIpc) is 2.35. The summed E-state index contributed by atoms with van der Waals surface area (Å²) < 4.78 is 0.585. The van der Waals surface area contributed by atoms with Crippen LogP contribution in [0.2, 0.25) is 0 Å². The van der Waals surface area contributed by atoms with Crippen LogP contribution in [0.4, 0.5) is 5.69 Å². The number of benzene rings is 1. The summed E-state index contributed by atoms with van der Waals surface area (Å²) in [5.41, 5.74) is 0.277. The van der Waals surface area contributed by atoms with Gasteiger partial charge in [0, 0.05) is 36.2 Å². The summed E-state index contributed by atoms with van der Waals surface area (Å²) in [4.78, 5) is 24.8. The van der Waals surface area contributed by atoms with E-state index >= 15 is 0 Å². The Hall–Kier alpha value is -1.47. The van der Waals surface area contributed by atoms with E-state index in [4.69, 9.17) is 0 Å². The molecule has 1 amide bonds. The minimum atomic E-state index is -0.488. The van der Waals surface area contributed by atoms with E-state index in [-0.39, 0.29) is 17.6 Å². The molecule has 108 valence electrons. The number of carbonyl (C=O) groups excluding carboxylic acids is 1. The van der Waals surface area contributed by atoms with Crippen molar-refractivity contribution in [1.82, 2.24) is 10.2 Å². The summed E-state index contributed by atoms with van der Waals surface area (Å²) >= 11 is 3.30. The van der Waals surface area contributed by atoms with Gasteiger partial charge >= 0.3 is 0 Å².